The van der Waals surface area contributed by atoms with Gasteiger partial charge in [-0.15, -0.1) is 0 Å². The van der Waals surface area contributed by atoms with Crippen molar-refractivity contribution in [1.29, 1.82) is 0 Å². The van der Waals surface area contributed by atoms with Crippen LogP contribution < -0.4 is 35.8 Å². The molecule has 2 saturated heterocycles. The Morgan fingerprint density at radius 1 is 0.653 bits per heavy atom. The number of carbonyl (C=O) groups excluding carboxylic acids is 2. The number of hydrogen-bond donors (Lipinski definition) is 5. The fourth-order valence-electron chi connectivity index (χ4n) is 9.44. The number of piperazine rings is 2. The molecule has 1 amide bonds. The third-order valence-corrected chi connectivity index (χ3v) is 14.5. The molecule has 2 fully saturated rings. The molecule has 0 spiro atoms. The molecule has 6 N–H and O–H groups in total. The summed E-state index contributed by atoms with van der Waals surface area (Å²) in [6, 6.07) is 41.6. The lowest BCUT2D eigenvalue weighted by atomic mass is 10.1. The largest absolute Gasteiger partial charge is 0.542 e. The van der Waals surface area contributed by atoms with Crippen LogP contribution >= 0.6 is 23.2 Å². The molecule has 6 heterocycles. The monoisotopic (exact) mass is 1350 g/mol. The fourth-order valence-corrected chi connectivity index (χ4v) is 9.91. The summed E-state index contributed by atoms with van der Waals surface area (Å²) in [7, 11) is 0. The lowest BCUT2D eigenvalue weighted by Crippen LogP contribution is -2.89. The van der Waals surface area contributed by atoms with Gasteiger partial charge in [-0.1, -0.05) is 54.9 Å². The van der Waals surface area contributed by atoms with Crippen LogP contribution in [0, 0.1) is 11.6 Å². The molecule has 4 aromatic heterocycles. The number of aromatic nitrogens is 4. The zero-order valence-corrected chi connectivity index (χ0v) is 52.3. The van der Waals surface area contributed by atoms with Gasteiger partial charge in [0, 0.05) is 72.5 Å². The van der Waals surface area contributed by atoms with Crippen LogP contribution in [0.3, 0.4) is 0 Å². The quantitative estimate of drug-likeness (QED) is 0.0598. The molecule has 10 aromatic rings. The van der Waals surface area contributed by atoms with Gasteiger partial charge in [0.05, 0.1) is 40.7 Å². The Morgan fingerprint density at radius 3 is 1.60 bits per heavy atom. The van der Waals surface area contributed by atoms with Crippen molar-refractivity contribution in [3.8, 4) is 34.1 Å². The van der Waals surface area contributed by atoms with E-state index in [0.717, 1.165) is 98.1 Å². The van der Waals surface area contributed by atoms with E-state index in [1.807, 2.05) is 57.2 Å². The summed E-state index contributed by atoms with van der Waals surface area (Å²) in [6.45, 7) is 14.5. The van der Waals surface area contributed by atoms with Crippen LogP contribution in [0.15, 0.2) is 167 Å². The first-order valence-corrected chi connectivity index (χ1v) is 30.1. The van der Waals surface area contributed by atoms with E-state index in [1.54, 1.807) is 77.7 Å². The number of fused-ring (bicyclic) bond motifs is 2. The highest BCUT2D eigenvalue weighted by atomic mass is 35.5. The SMILES string of the molecule is C.CC(C)(C)OC(=O)N1CCNCC1.Fc1cccc(COc2ccc(Nc3ncnc4ccc(-c5ccc(CN6CC[NH2+]CC6)o5)cc34)cc2Cl)c1.O=C(O)c1ccc(-c2ccc3ncnc(Nc4ccc(OCc5cccc(F)c5)c(Cl)c4)c3c2)o1.O=C([O-])C(F)(F)F. The van der Waals surface area contributed by atoms with Crippen LogP contribution in [0.25, 0.3) is 44.5 Å². The fraction of sp³-hybridized carbons (Fsp3) is 0.250. The van der Waals surface area contributed by atoms with Gasteiger partial charge in [0.25, 0.3) is 0 Å². The smallest absolute Gasteiger partial charge is 0.430 e. The Morgan fingerprint density at radius 2 is 1.15 bits per heavy atom. The zero-order chi connectivity index (χ0) is 66.9. The number of nitrogens with zero attached hydrogens (tertiary/aromatic N) is 6. The first-order valence-electron chi connectivity index (χ1n) is 29.3. The van der Waals surface area contributed by atoms with Crippen LogP contribution in [0.4, 0.5) is 49.8 Å². The highest BCUT2D eigenvalue weighted by molar-refractivity contribution is 6.32. The van der Waals surface area contributed by atoms with Crippen molar-refractivity contribution in [1.82, 2.24) is 35.1 Å². The lowest BCUT2D eigenvalue weighted by Gasteiger charge is -2.30. The second-order valence-corrected chi connectivity index (χ2v) is 23.0. The number of aliphatic carboxylic acids is 1. The number of quaternary nitrogens is 1. The average Bonchev–Trinajstić information content (AvgIpc) is 1.74. The molecule has 2 aliphatic heterocycles. The normalized spacial score (nSPS) is 13.1. The Bertz CT molecular complexity index is 4250. The minimum Gasteiger partial charge on any atom is -0.542 e. The van der Waals surface area contributed by atoms with E-state index in [9.17, 15) is 31.5 Å². The summed E-state index contributed by atoms with van der Waals surface area (Å²) in [5.41, 5.74) is 5.60. The molecule has 27 heteroatoms. The lowest BCUT2D eigenvalue weighted by molar-refractivity contribution is -0.663. The van der Waals surface area contributed by atoms with E-state index in [4.69, 9.17) is 61.3 Å². The van der Waals surface area contributed by atoms with Gasteiger partial charge in [-0.05, 0) is 153 Å². The summed E-state index contributed by atoms with van der Waals surface area (Å²) < 4.78 is 86.8. The van der Waals surface area contributed by atoms with Crippen molar-refractivity contribution < 1.29 is 74.9 Å². The van der Waals surface area contributed by atoms with Crippen LogP contribution in [-0.4, -0.2) is 117 Å². The van der Waals surface area contributed by atoms with E-state index >= 15 is 0 Å². The van der Waals surface area contributed by atoms with E-state index in [1.165, 1.54) is 43.0 Å². The van der Waals surface area contributed by atoms with Gasteiger partial charge in [-0.25, -0.2) is 38.3 Å². The molecule has 12 rings (SSSR count). The number of halogens is 7. The number of hydrogen-bond acceptors (Lipinski definition) is 17. The van der Waals surface area contributed by atoms with Gasteiger partial charge < -0.3 is 64.2 Å². The van der Waals surface area contributed by atoms with E-state index < -0.39 is 18.1 Å². The second-order valence-electron chi connectivity index (χ2n) is 22.2. The molecule has 20 nitrogen and oxygen atoms in total. The number of anilines is 4. The van der Waals surface area contributed by atoms with Gasteiger partial charge in [-0.2, -0.15) is 13.2 Å². The first kappa shape index (κ1) is 70.9. The number of nitrogens with one attached hydrogen (secondary N) is 3. The predicted octanol–water partition coefficient (Wildman–Crippen LogP) is 12.8. The third kappa shape index (κ3) is 20.8. The summed E-state index contributed by atoms with van der Waals surface area (Å²) in [5, 5.41) is 32.4. The van der Waals surface area contributed by atoms with Crippen molar-refractivity contribution in [3.05, 3.63) is 203 Å². The van der Waals surface area contributed by atoms with Gasteiger partial charge >= 0.3 is 18.2 Å². The number of ether oxygens (including phenoxy) is 3. The van der Waals surface area contributed by atoms with Crippen LogP contribution in [-0.2, 0) is 29.3 Å². The molecule has 498 valence electrons. The highest BCUT2D eigenvalue weighted by Gasteiger charge is 2.29. The molecule has 6 aromatic carbocycles. The molecule has 0 unspecified atom stereocenters. The predicted molar refractivity (Wildman–Crippen MR) is 348 cm³/mol. The number of aromatic carboxylic acids is 1. The van der Waals surface area contributed by atoms with Crippen molar-refractivity contribution in [3.63, 3.8) is 0 Å². The summed E-state index contributed by atoms with van der Waals surface area (Å²) >= 11 is 12.9. The molecule has 0 bridgehead atoms. The number of nitrogens with two attached hydrogens (primary N) is 1. The molecule has 0 radical (unpaired) electrons. The van der Waals surface area contributed by atoms with Crippen LogP contribution in [0.2, 0.25) is 10.0 Å². The summed E-state index contributed by atoms with van der Waals surface area (Å²) in [5.74, 6) is -0.557. The maximum absolute atomic E-state index is 13.4. The summed E-state index contributed by atoms with van der Waals surface area (Å²) in [4.78, 5) is 53.1. The standard InChI is InChI=1S/C30H27ClFN5O2.C26H17ClFN3O4.C9H18N2O2.C2HF3O2.CH4/c31-26-16-23(5-8-29(26)38-18-20-2-1-3-22(32)14-20)36-30-25-15-21(4-7-27(25)34-19-35-30)28-9-6-24(39-28)17-37-12-10-33-11-13-37;27-20-12-18(5-7-23(20)34-13-15-2-1-3-17(28)10-15)31-25-19-11-16(4-6-21(19)29-14-30-25)22-8-9-24(35-22)26(32)33;1-9(2,3)13-8(12)11-6-4-10-5-7-11;3-2(4,5)1(6)7;/h1-9,14-16,19,33H,10-13,17-18H2,(H,34,35,36);1-12,14H,13H2,(H,32,33)(H,29,30,31);10H,4-7H2,1-3H3;(H,6,7);1H4. The van der Waals surface area contributed by atoms with Gasteiger partial charge in [0.15, 0.2) is 0 Å². The first-order chi connectivity index (χ1) is 45.0. The number of rotatable bonds is 15. The number of carboxylic acids is 2. The van der Waals surface area contributed by atoms with E-state index in [2.05, 4.69) is 52.2 Å². The van der Waals surface area contributed by atoms with Crippen LogP contribution in [0.5, 0.6) is 11.5 Å². The van der Waals surface area contributed by atoms with Crippen LogP contribution in [0.1, 0.15) is 55.6 Å². The van der Waals surface area contributed by atoms with E-state index in [0.29, 0.717) is 66.7 Å². The number of furan rings is 2. The topological polar surface area (TPSA) is 259 Å². The zero-order valence-electron chi connectivity index (χ0n) is 50.8. The molecule has 0 atom stereocenters. The molecule has 2 aliphatic rings. The van der Waals surface area contributed by atoms with Crippen molar-refractivity contribution in [2.45, 2.75) is 59.7 Å². The van der Waals surface area contributed by atoms with Gasteiger partial charge in [0.2, 0.25) is 5.76 Å². The molecule has 0 saturated carbocycles. The minimum atomic E-state index is -5.19. The van der Waals surface area contributed by atoms with Crippen molar-refractivity contribution in [2.75, 3.05) is 63.0 Å². The van der Waals surface area contributed by atoms with E-state index in [-0.39, 0.29) is 49.7 Å². The molecule has 95 heavy (non-hydrogen) atoms. The maximum Gasteiger partial charge on any atom is 0.430 e. The Balaban J connectivity index is 0.000000188. The molecular formula is C68H67Cl2F5N10O10. The maximum atomic E-state index is 13.4. The minimum absolute atomic E-state index is 0. The number of benzene rings is 6. The highest BCUT2D eigenvalue weighted by Crippen LogP contribution is 2.36. The van der Waals surface area contributed by atoms with Crippen molar-refractivity contribution >= 4 is 86.1 Å². The van der Waals surface area contributed by atoms with Gasteiger partial charge in [-0.3, -0.25) is 4.90 Å². The Hall–Kier alpha value is -9.92. The third-order valence-electron chi connectivity index (χ3n) is 14.0. The number of carbonyl (C=O) groups is 3. The molecule has 0 aliphatic carbocycles. The van der Waals surface area contributed by atoms with Crippen molar-refractivity contribution in [2.24, 2.45) is 0 Å². The van der Waals surface area contributed by atoms with Gasteiger partial charge in [0.1, 0.15) is 89.5 Å². The number of alkyl halides is 3. The molecular weight excluding hydrogens is 1280 g/mol. The Labute approximate surface area is 553 Å². The number of carboxylic acid groups (broad SMARTS) is 2. The number of amides is 1. The Kier molecular flexibility index (Phi) is 24.5. The average molecular weight is 1350 g/mol. The second kappa shape index (κ2) is 32.8. The summed E-state index contributed by atoms with van der Waals surface area (Å²) in [6.07, 6.45) is -2.42.